The molecular weight excluding hydrogens is 388 g/mol. The summed E-state index contributed by atoms with van der Waals surface area (Å²) >= 11 is 0. The molecule has 0 atom stereocenters. The Labute approximate surface area is 121 Å². The summed E-state index contributed by atoms with van der Waals surface area (Å²) in [5.41, 5.74) is -3.97. The van der Waals surface area contributed by atoms with Gasteiger partial charge in [0.1, 0.15) is 4.93 Å². The minimum atomic E-state index is -7.70. The second-order valence-corrected chi connectivity index (χ2v) is 4.05. The van der Waals surface area contributed by atoms with Gasteiger partial charge in [0, 0.05) is 0 Å². The van der Waals surface area contributed by atoms with Crippen molar-refractivity contribution in [3.8, 4) is 0 Å². The Kier molecular flexibility index (Phi) is 4.52. The van der Waals surface area contributed by atoms with Crippen molar-refractivity contribution in [3.63, 3.8) is 0 Å². The molecule has 0 unspecified atom stereocenters. The third-order valence-corrected chi connectivity index (χ3v) is 2.61. The molecule has 0 spiro atoms. The summed E-state index contributed by atoms with van der Waals surface area (Å²) in [5.74, 6) is -25.0. The topological polar surface area (TPSA) is 0 Å². The predicted molar refractivity (Wildman–Crippen MR) is 46.2 cm³/mol. The van der Waals surface area contributed by atoms with Gasteiger partial charge in [0.2, 0.25) is 29.1 Å². The van der Waals surface area contributed by atoms with Crippen LogP contribution < -0.4 is 4.93 Å². The summed E-state index contributed by atoms with van der Waals surface area (Å²) in [6.45, 7) is 0. The SMILES string of the molecule is Fc1c(F)c(F)c([N+](F)(F)C(F)(C(F)(F)F)C(F)(F)F)c(F)c1F. The standard InChI is InChI=1S/C9F14N/c10-1-2(11)4(13)6(5(14)3(1)12)24(22,23)7(15,8(16,17)18)9(19,20)21/q+1. The van der Waals surface area contributed by atoms with Gasteiger partial charge < -0.3 is 0 Å². The van der Waals surface area contributed by atoms with Crippen molar-refractivity contribution in [1.29, 1.82) is 0 Å². The largest absolute Gasteiger partial charge is 0.507 e. The number of hydrogen-bond acceptors (Lipinski definition) is 0. The van der Waals surface area contributed by atoms with Crippen LogP contribution in [0.4, 0.5) is 67.3 Å². The summed E-state index contributed by atoms with van der Waals surface area (Å²) in [6, 6.07) is 0. The Bertz CT molecular complexity index is 613. The van der Waals surface area contributed by atoms with Crippen molar-refractivity contribution in [1.82, 2.24) is 4.93 Å². The average Bonchev–Trinajstić information content (AvgIpc) is 2.39. The van der Waals surface area contributed by atoms with Crippen LogP contribution in [-0.2, 0) is 0 Å². The van der Waals surface area contributed by atoms with Gasteiger partial charge in [-0.25, -0.2) is 13.2 Å². The third-order valence-electron chi connectivity index (χ3n) is 2.61. The van der Waals surface area contributed by atoms with Crippen molar-refractivity contribution >= 4 is 5.69 Å². The lowest BCUT2D eigenvalue weighted by Gasteiger charge is -2.31. The molecule has 0 heterocycles. The zero-order valence-corrected chi connectivity index (χ0v) is 10.2. The number of hydrogen-bond donors (Lipinski definition) is 0. The second-order valence-electron chi connectivity index (χ2n) is 4.05. The van der Waals surface area contributed by atoms with E-state index in [0.717, 1.165) is 0 Å². The maximum atomic E-state index is 13.4. The maximum Gasteiger partial charge on any atom is 0.507 e. The first-order chi connectivity index (χ1) is 10.4. The molecule has 0 saturated heterocycles. The van der Waals surface area contributed by atoms with Gasteiger partial charge >= 0.3 is 18.1 Å². The number of benzene rings is 1. The molecule has 1 aromatic carbocycles. The molecule has 0 amide bonds. The summed E-state index contributed by atoms with van der Waals surface area (Å²) in [6.07, 6.45) is -15.1. The normalized spacial score (nSPS) is 14.2. The Morgan fingerprint density at radius 1 is 0.500 bits per heavy atom. The molecular formula is C9F14N+. The van der Waals surface area contributed by atoms with E-state index in [2.05, 4.69) is 0 Å². The van der Waals surface area contributed by atoms with Crippen LogP contribution in [-0.4, -0.2) is 18.1 Å². The van der Waals surface area contributed by atoms with Crippen LogP contribution >= 0.6 is 0 Å². The van der Waals surface area contributed by atoms with Crippen LogP contribution in [0.15, 0.2) is 0 Å². The van der Waals surface area contributed by atoms with Crippen LogP contribution in [0.2, 0.25) is 0 Å². The summed E-state index contributed by atoms with van der Waals surface area (Å²) in [7, 11) is 0. The molecule has 1 rings (SSSR count). The van der Waals surface area contributed by atoms with Gasteiger partial charge in [-0.2, -0.15) is 39.5 Å². The zero-order chi connectivity index (χ0) is 19.5. The molecule has 0 aliphatic rings. The monoisotopic (exact) mass is 388 g/mol. The Morgan fingerprint density at radius 3 is 1.00 bits per heavy atom. The van der Waals surface area contributed by atoms with E-state index in [1.165, 1.54) is 0 Å². The van der Waals surface area contributed by atoms with Crippen molar-refractivity contribution in [2.75, 3.05) is 0 Å². The van der Waals surface area contributed by atoms with Crippen molar-refractivity contribution in [3.05, 3.63) is 29.1 Å². The van der Waals surface area contributed by atoms with E-state index in [0.29, 0.717) is 0 Å². The summed E-state index contributed by atoms with van der Waals surface area (Å²) < 4.78 is 178. The molecule has 1 nitrogen and oxygen atoms in total. The average molecular weight is 388 g/mol. The molecule has 0 fully saturated rings. The lowest BCUT2D eigenvalue weighted by Crippen LogP contribution is -2.69. The third kappa shape index (κ3) is 2.44. The van der Waals surface area contributed by atoms with E-state index < -0.39 is 57.8 Å². The molecule has 0 saturated carbocycles. The fourth-order valence-electron chi connectivity index (χ4n) is 1.47. The summed E-state index contributed by atoms with van der Waals surface area (Å²) in [4.78, 5) is -6.41. The smallest absolute Gasteiger partial charge is 0.200 e. The number of nitrogens with zero attached hydrogens (tertiary/aromatic N) is 1. The first-order valence-electron chi connectivity index (χ1n) is 5.05. The number of halogens is 14. The first-order valence-corrected chi connectivity index (χ1v) is 5.05. The highest BCUT2D eigenvalue weighted by atomic mass is 19.4. The Morgan fingerprint density at radius 2 is 0.750 bits per heavy atom. The zero-order valence-electron chi connectivity index (χ0n) is 10.2. The molecule has 24 heavy (non-hydrogen) atoms. The van der Waals surface area contributed by atoms with Crippen LogP contribution in [0.3, 0.4) is 0 Å². The highest BCUT2D eigenvalue weighted by molar-refractivity contribution is 5.46. The van der Waals surface area contributed by atoms with Crippen LogP contribution in [0.1, 0.15) is 0 Å². The Hall–Kier alpha value is -1.80. The van der Waals surface area contributed by atoms with E-state index in [1.807, 2.05) is 0 Å². The fraction of sp³-hybridized carbons (Fsp3) is 0.333. The minimum absolute atomic E-state index is 3.16. The molecule has 0 aromatic heterocycles. The van der Waals surface area contributed by atoms with Crippen LogP contribution in [0.5, 0.6) is 0 Å². The van der Waals surface area contributed by atoms with Gasteiger partial charge in [-0.3, -0.25) is 0 Å². The molecule has 0 aliphatic carbocycles. The lowest BCUT2D eigenvalue weighted by molar-refractivity contribution is -0.448. The molecule has 0 bridgehead atoms. The van der Waals surface area contributed by atoms with E-state index in [-0.39, 0.29) is 0 Å². The van der Waals surface area contributed by atoms with E-state index in [1.54, 1.807) is 0 Å². The quantitative estimate of drug-likeness (QED) is 0.214. The van der Waals surface area contributed by atoms with Crippen LogP contribution in [0, 0.1) is 29.1 Å². The van der Waals surface area contributed by atoms with Crippen molar-refractivity contribution in [2.24, 2.45) is 0 Å². The maximum absolute atomic E-state index is 13.4. The van der Waals surface area contributed by atoms with E-state index in [9.17, 15) is 61.6 Å². The highest BCUT2D eigenvalue weighted by Gasteiger charge is 2.91. The molecule has 0 aliphatic heterocycles. The highest BCUT2D eigenvalue weighted by Crippen LogP contribution is 2.56. The van der Waals surface area contributed by atoms with Crippen LogP contribution in [0.25, 0.3) is 0 Å². The van der Waals surface area contributed by atoms with Gasteiger partial charge in [-0.05, 0) is 0 Å². The minimum Gasteiger partial charge on any atom is -0.200 e. The summed E-state index contributed by atoms with van der Waals surface area (Å²) in [5, 5.41) is 0. The molecule has 0 N–H and O–H groups in total. The van der Waals surface area contributed by atoms with Gasteiger partial charge in [0.15, 0.2) is 0 Å². The molecule has 138 valence electrons. The number of quaternary nitrogens is 1. The molecule has 0 radical (unpaired) electrons. The number of rotatable bonds is 2. The van der Waals surface area contributed by atoms with Gasteiger partial charge in [-0.1, -0.05) is 0 Å². The predicted octanol–water partition coefficient (Wildman–Crippen LogP) is 5.25. The van der Waals surface area contributed by atoms with E-state index in [4.69, 9.17) is 0 Å². The molecule has 15 heteroatoms. The van der Waals surface area contributed by atoms with Gasteiger partial charge in [0.05, 0.1) is 8.96 Å². The fourth-order valence-corrected chi connectivity index (χ4v) is 1.47. The number of alkyl halides is 7. The second kappa shape index (κ2) is 5.35. The lowest BCUT2D eigenvalue weighted by atomic mass is 10.1. The Balaban J connectivity index is 3.97. The molecule has 1 aromatic rings. The van der Waals surface area contributed by atoms with Crippen molar-refractivity contribution < 1.29 is 61.6 Å². The van der Waals surface area contributed by atoms with Gasteiger partial charge in [-0.15, -0.1) is 0 Å². The van der Waals surface area contributed by atoms with Crippen molar-refractivity contribution in [2.45, 2.75) is 18.1 Å². The van der Waals surface area contributed by atoms with E-state index >= 15 is 0 Å². The first kappa shape index (κ1) is 20.2. The van der Waals surface area contributed by atoms with Gasteiger partial charge in [0.25, 0.3) is 5.69 Å².